The number of hydrogen-bond acceptors (Lipinski definition) is 6. The number of amides is 1. The van der Waals surface area contributed by atoms with Crippen LogP contribution < -0.4 is 5.32 Å². The number of hydrogen-bond donors (Lipinski definition) is 1. The van der Waals surface area contributed by atoms with Crippen molar-refractivity contribution >= 4 is 28.3 Å². The zero-order valence-corrected chi connectivity index (χ0v) is 16.2. The van der Waals surface area contributed by atoms with E-state index in [1.807, 2.05) is 44.2 Å². The minimum absolute atomic E-state index is 0.109. The van der Waals surface area contributed by atoms with E-state index in [4.69, 9.17) is 4.74 Å². The van der Waals surface area contributed by atoms with Crippen LogP contribution in [0.25, 0.3) is 0 Å². The maximum atomic E-state index is 12.9. The average Bonchev–Trinajstić information content (AvgIpc) is 3.06. The molecule has 1 N–H and O–H groups in total. The summed E-state index contributed by atoms with van der Waals surface area (Å²) in [5.74, 6) is -0.446. The molecule has 0 radical (unpaired) electrons. The molecule has 0 aliphatic heterocycles. The Morgan fingerprint density at radius 2 is 1.88 bits per heavy atom. The van der Waals surface area contributed by atoms with Gasteiger partial charge in [-0.25, -0.2) is 4.98 Å². The number of aromatic nitrogens is 1. The first-order chi connectivity index (χ1) is 12.6. The number of nitrogens with one attached hydrogen (secondary N) is 1. The molecule has 0 bridgehead atoms. The van der Waals surface area contributed by atoms with Crippen LogP contribution in [0.1, 0.15) is 38.1 Å². The first-order valence-corrected chi connectivity index (χ1v) is 9.66. The summed E-state index contributed by atoms with van der Waals surface area (Å²) in [7, 11) is 0. The number of anilines is 1. The number of esters is 1. The van der Waals surface area contributed by atoms with Crippen molar-refractivity contribution in [2.24, 2.45) is 0 Å². The van der Waals surface area contributed by atoms with E-state index < -0.39 is 0 Å². The van der Waals surface area contributed by atoms with Crippen LogP contribution in [0.4, 0.5) is 5.13 Å². The van der Waals surface area contributed by atoms with Crippen LogP contribution in [-0.2, 0) is 20.7 Å². The van der Waals surface area contributed by atoms with Crippen LogP contribution in [0.3, 0.4) is 0 Å². The Bertz CT molecular complexity index is 714. The van der Waals surface area contributed by atoms with E-state index in [0.29, 0.717) is 17.4 Å². The summed E-state index contributed by atoms with van der Waals surface area (Å²) in [6.07, 6.45) is 0.109. The lowest BCUT2D eigenvalue weighted by Gasteiger charge is -2.28. The van der Waals surface area contributed by atoms with Gasteiger partial charge in [0.15, 0.2) is 5.13 Å². The van der Waals surface area contributed by atoms with Crippen LogP contribution in [0.5, 0.6) is 0 Å². The molecule has 1 unspecified atom stereocenters. The molecule has 2 aromatic rings. The Kier molecular flexibility index (Phi) is 7.74. The fraction of sp³-hybridized carbons (Fsp3) is 0.421. The first kappa shape index (κ1) is 20.1. The SMILES string of the molecule is CCOC(=O)Cc1csc(NC(=O)C(c2ccccc2)N(CC)CC)n1. The van der Waals surface area contributed by atoms with Crippen molar-refractivity contribution in [3.05, 3.63) is 47.0 Å². The molecular formula is C19H25N3O3S. The predicted octanol–water partition coefficient (Wildman–Crippen LogP) is 3.27. The minimum atomic E-state index is -0.386. The third kappa shape index (κ3) is 5.37. The second kappa shape index (κ2) is 10.0. The summed E-state index contributed by atoms with van der Waals surface area (Å²) >= 11 is 1.31. The molecule has 0 spiro atoms. The largest absolute Gasteiger partial charge is 0.466 e. The molecule has 0 aliphatic carbocycles. The molecule has 0 saturated heterocycles. The maximum absolute atomic E-state index is 12.9. The number of benzene rings is 1. The Morgan fingerprint density at radius 3 is 2.50 bits per heavy atom. The van der Waals surface area contributed by atoms with Gasteiger partial charge in [-0.15, -0.1) is 11.3 Å². The first-order valence-electron chi connectivity index (χ1n) is 8.78. The van der Waals surface area contributed by atoms with E-state index in [0.717, 1.165) is 18.7 Å². The van der Waals surface area contributed by atoms with Gasteiger partial charge in [0.05, 0.1) is 18.7 Å². The molecule has 0 saturated carbocycles. The molecule has 1 heterocycles. The van der Waals surface area contributed by atoms with Gasteiger partial charge in [0.25, 0.3) is 0 Å². The highest BCUT2D eigenvalue weighted by Crippen LogP contribution is 2.24. The highest BCUT2D eigenvalue weighted by Gasteiger charge is 2.26. The molecule has 7 heteroatoms. The zero-order valence-electron chi connectivity index (χ0n) is 15.4. The molecule has 2 rings (SSSR count). The van der Waals surface area contributed by atoms with E-state index in [-0.39, 0.29) is 24.3 Å². The third-order valence-corrected chi connectivity index (χ3v) is 4.76. The van der Waals surface area contributed by atoms with Crippen LogP contribution in [0, 0.1) is 0 Å². The third-order valence-electron chi connectivity index (χ3n) is 3.95. The number of thiazole rings is 1. The van der Waals surface area contributed by atoms with Gasteiger partial charge in [-0.05, 0) is 25.6 Å². The fourth-order valence-corrected chi connectivity index (χ4v) is 3.44. The number of nitrogens with zero attached hydrogens (tertiary/aromatic N) is 2. The van der Waals surface area contributed by atoms with Gasteiger partial charge < -0.3 is 10.1 Å². The van der Waals surface area contributed by atoms with Crippen molar-refractivity contribution in [1.82, 2.24) is 9.88 Å². The van der Waals surface area contributed by atoms with Gasteiger partial charge in [-0.2, -0.15) is 0 Å². The van der Waals surface area contributed by atoms with E-state index >= 15 is 0 Å². The van der Waals surface area contributed by atoms with Crippen molar-refractivity contribution in [2.75, 3.05) is 25.0 Å². The highest BCUT2D eigenvalue weighted by atomic mass is 32.1. The van der Waals surface area contributed by atoms with Crippen molar-refractivity contribution in [3.63, 3.8) is 0 Å². The van der Waals surface area contributed by atoms with Gasteiger partial charge in [-0.3, -0.25) is 14.5 Å². The summed E-state index contributed by atoms with van der Waals surface area (Å²) in [5, 5.41) is 5.14. The van der Waals surface area contributed by atoms with Gasteiger partial charge in [0.2, 0.25) is 5.91 Å². The van der Waals surface area contributed by atoms with E-state index in [2.05, 4.69) is 15.2 Å². The summed E-state index contributed by atoms with van der Waals surface area (Å²) in [4.78, 5) is 30.9. The highest BCUT2D eigenvalue weighted by molar-refractivity contribution is 7.13. The van der Waals surface area contributed by atoms with Crippen LogP contribution in [-0.4, -0.2) is 41.5 Å². The Morgan fingerprint density at radius 1 is 1.19 bits per heavy atom. The summed E-state index contributed by atoms with van der Waals surface area (Å²) in [6, 6.07) is 9.32. The van der Waals surface area contributed by atoms with E-state index in [1.54, 1.807) is 12.3 Å². The monoisotopic (exact) mass is 375 g/mol. The van der Waals surface area contributed by atoms with Crippen LogP contribution in [0.2, 0.25) is 0 Å². The molecular weight excluding hydrogens is 350 g/mol. The molecule has 0 fully saturated rings. The van der Waals surface area contributed by atoms with Gasteiger partial charge >= 0.3 is 5.97 Å². The molecule has 1 aromatic heterocycles. The summed E-state index contributed by atoms with van der Waals surface area (Å²) in [6.45, 7) is 7.70. The normalized spacial score (nSPS) is 12.0. The summed E-state index contributed by atoms with van der Waals surface area (Å²) in [5.41, 5.74) is 1.54. The standard InChI is InChI=1S/C19H25N3O3S/c1-4-22(5-2)17(14-10-8-7-9-11-14)18(24)21-19-20-15(13-26-19)12-16(23)25-6-3/h7-11,13,17H,4-6,12H2,1-3H3,(H,20,21,24). The maximum Gasteiger partial charge on any atom is 0.311 e. The Labute approximate surface area is 158 Å². The number of carbonyl (C=O) groups is 2. The number of carbonyl (C=O) groups excluding carboxylic acids is 2. The second-order valence-corrected chi connectivity index (χ2v) is 6.51. The lowest BCUT2D eigenvalue weighted by Crippen LogP contribution is -2.37. The number of ether oxygens (including phenoxy) is 1. The molecule has 140 valence electrons. The van der Waals surface area contributed by atoms with Crippen molar-refractivity contribution in [3.8, 4) is 0 Å². The molecule has 1 atom stereocenters. The number of rotatable bonds is 9. The van der Waals surface area contributed by atoms with Crippen molar-refractivity contribution < 1.29 is 14.3 Å². The fourth-order valence-electron chi connectivity index (χ4n) is 2.73. The van der Waals surface area contributed by atoms with Crippen LogP contribution in [0.15, 0.2) is 35.7 Å². The lowest BCUT2D eigenvalue weighted by molar-refractivity contribution is -0.142. The van der Waals surface area contributed by atoms with Crippen LogP contribution >= 0.6 is 11.3 Å². The lowest BCUT2D eigenvalue weighted by atomic mass is 10.0. The summed E-state index contributed by atoms with van der Waals surface area (Å²) < 4.78 is 4.92. The topological polar surface area (TPSA) is 71.5 Å². The molecule has 1 amide bonds. The molecule has 26 heavy (non-hydrogen) atoms. The quantitative estimate of drug-likeness (QED) is 0.681. The Balaban J connectivity index is 2.12. The van der Waals surface area contributed by atoms with E-state index in [1.165, 1.54) is 11.3 Å². The van der Waals surface area contributed by atoms with Gasteiger partial charge in [0, 0.05) is 5.38 Å². The Hall–Kier alpha value is -2.25. The smallest absolute Gasteiger partial charge is 0.311 e. The van der Waals surface area contributed by atoms with Crippen molar-refractivity contribution in [1.29, 1.82) is 0 Å². The predicted molar refractivity (Wildman–Crippen MR) is 103 cm³/mol. The average molecular weight is 375 g/mol. The minimum Gasteiger partial charge on any atom is -0.466 e. The molecule has 6 nitrogen and oxygen atoms in total. The zero-order chi connectivity index (χ0) is 18.9. The van der Waals surface area contributed by atoms with Crippen molar-refractivity contribution in [2.45, 2.75) is 33.2 Å². The second-order valence-electron chi connectivity index (χ2n) is 5.65. The number of likely N-dealkylation sites (N-methyl/N-ethyl adjacent to an activating group) is 1. The molecule has 0 aliphatic rings. The van der Waals surface area contributed by atoms with Gasteiger partial charge in [-0.1, -0.05) is 44.2 Å². The van der Waals surface area contributed by atoms with Gasteiger partial charge in [0.1, 0.15) is 6.04 Å². The molecule has 1 aromatic carbocycles. The van der Waals surface area contributed by atoms with E-state index in [9.17, 15) is 9.59 Å².